The van der Waals surface area contributed by atoms with Crippen molar-refractivity contribution in [3.63, 3.8) is 0 Å². The van der Waals surface area contributed by atoms with Crippen LogP contribution in [-0.4, -0.2) is 21.3 Å². The van der Waals surface area contributed by atoms with E-state index in [0.717, 1.165) is 11.3 Å². The maximum atomic E-state index is 13.1. The fraction of sp³-hybridized carbons (Fsp3) is 0.333. The molecule has 0 unspecified atom stereocenters. The maximum Gasteiger partial charge on any atom is 0.188 e. The zero-order valence-electron chi connectivity index (χ0n) is 11.7. The molecule has 0 fully saturated rings. The maximum absolute atomic E-state index is 13.1. The van der Waals surface area contributed by atoms with E-state index in [2.05, 4.69) is 9.97 Å². The van der Waals surface area contributed by atoms with Gasteiger partial charge in [0.25, 0.3) is 0 Å². The van der Waals surface area contributed by atoms with Crippen LogP contribution in [0.3, 0.4) is 0 Å². The average molecular weight is 292 g/mol. The monoisotopic (exact) mass is 292 g/mol. The number of rotatable bonds is 4. The molecule has 1 aromatic carbocycles. The highest BCUT2D eigenvalue weighted by molar-refractivity contribution is 7.98. The Kier molecular flexibility index (Phi) is 4.73. The minimum Gasteiger partial charge on any atom is -0.392 e. The zero-order valence-corrected chi connectivity index (χ0v) is 12.5. The Morgan fingerprint density at radius 3 is 2.35 bits per heavy atom. The lowest BCUT2D eigenvalue weighted by atomic mass is 9.99. The number of halogens is 1. The summed E-state index contributed by atoms with van der Waals surface area (Å²) in [6.45, 7) is 3.93. The molecule has 1 N–H and O–H groups in total. The molecule has 0 saturated carbocycles. The third kappa shape index (κ3) is 2.99. The van der Waals surface area contributed by atoms with Crippen LogP contribution in [-0.2, 0) is 6.61 Å². The molecule has 1 aromatic heterocycles. The van der Waals surface area contributed by atoms with Crippen LogP contribution in [0.25, 0.3) is 11.3 Å². The summed E-state index contributed by atoms with van der Waals surface area (Å²) >= 11 is 1.45. The average Bonchev–Trinajstić information content (AvgIpc) is 2.46. The normalized spacial score (nSPS) is 11.1. The smallest absolute Gasteiger partial charge is 0.188 e. The first-order chi connectivity index (χ1) is 9.56. The number of aliphatic hydroxyl groups excluding tert-OH is 1. The molecule has 0 spiro atoms. The summed E-state index contributed by atoms with van der Waals surface area (Å²) in [5, 5.41) is 10.3. The van der Waals surface area contributed by atoms with E-state index in [1.807, 2.05) is 20.1 Å². The Morgan fingerprint density at radius 2 is 1.85 bits per heavy atom. The summed E-state index contributed by atoms with van der Waals surface area (Å²) in [6.07, 6.45) is 1.91. The van der Waals surface area contributed by atoms with Crippen molar-refractivity contribution in [1.82, 2.24) is 9.97 Å². The molecule has 0 aliphatic rings. The fourth-order valence-corrected chi connectivity index (χ4v) is 2.42. The van der Waals surface area contributed by atoms with Crippen LogP contribution in [0.4, 0.5) is 4.39 Å². The van der Waals surface area contributed by atoms with E-state index >= 15 is 0 Å². The zero-order chi connectivity index (χ0) is 14.7. The van der Waals surface area contributed by atoms with Gasteiger partial charge in [0.05, 0.1) is 18.0 Å². The van der Waals surface area contributed by atoms with Gasteiger partial charge in [-0.25, -0.2) is 14.4 Å². The largest absolute Gasteiger partial charge is 0.392 e. The fourth-order valence-electron chi connectivity index (χ4n) is 2.05. The van der Waals surface area contributed by atoms with Crippen molar-refractivity contribution in [3.05, 3.63) is 41.3 Å². The van der Waals surface area contributed by atoms with Crippen LogP contribution in [0.2, 0.25) is 0 Å². The molecule has 0 aliphatic carbocycles. The van der Waals surface area contributed by atoms with Gasteiger partial charge in [0, 0.05) is 11.1 Å². The van der Waals surface area contributed by atoms with E-state index in [1.54, 1.807) is 12.1 Å². The van der Waals surface area contributed by atoms with Crippen molar-refractivity contribution in [1.29, 1.82) is 0 Å². The van der Waals surface area contributed by atoms with Gasteiger partial charge in [0.1, 0.15) is 5.82 Å². The van der Waals surface area contributed by atoms with Crippen molar-refractivity contribution in [2.24, 2.45) is 0 Å². The van der Waals surface area contributed by atoms with Gasteiger partial charge in [-0.1, -0.05) is 25.6 Å². The van der Waals surface area contributed by atoms with Gasteiger partial charge in [0.2, 0.25) is 0 Å². The minimum atomic E-state index is -0.289. The molecule has 0 atom stereocenters. The standard InChI is InChI=1S/C15H17FN2OS/c1-9(2)13-12(8-19)14(18-15(17-13)20-3)10-4-6-11(16)7-5-10/h4-7,9,19H,8H2,1-3H3. The second-order valence-corrected chi connectivity index (χ2v) is 5.52. The van der Waals surface area contributed by atoms with Crippen molar-refractivity contribution in [2.75, 3.05) is 6.26 Å². The molecule has 0 radical (unpaired) electrons. The van der Waals surface area contributed by atoms with Gasteiger partial charge >= 0.3 is 0 Å². The minimum absolute atomic E-state index is 0.130. The second kappa shape index (κ2) is 6.33. The Hall–Kier alpha value is -1.46. The lowest BCUT2D eigenvalue weighted by Crippen LogP contribution is -2.07. The molecule has 1 heterocycles. The summed E-state index contributed by atoms with van der Waals surface area (Å²) in [7, 11) is 0. The van der Waals surface area contributed by atoms with Gasteiger partial charge in [-0.05, 0) is 36.4 Å². The predicted octanol–water partition coefficient (Wildman–Crippen LogP) is 3.62. The first-order valence-corrected chi connectivity index (χ1v) is 7.61. The molecule has 5 heteroatoms. The second-order valence-electron chi connectivity index (χ2n) is 4.74. The highest BCUT2D eigenvalue weighted by Crippen LogP contribution is 2.29. The van der Waals surface area contributed by atoms with Gasteiger partial charge in [-0.15, -0.1) is 0 Å². The molecule has 2 rings (SSSR count). The van der Waals surface area contributed by atoms with E-state index in [4.69, 9.17) is 0 Å². The molecule has 20 heavy (non-hydrogen) atoms. The van der Waals surface area contributed by atoms with Gasteiger partial charge in [0.15, 0.2) is 5.16 Å². The predicted molar refractivity (Wildman–Crippen MR) is 79.2 cm³/mol. The number of aromatic nitrogens is 2. The SMILES string of the molecule is CSc1nc(-c2ccc(F)cc2)c(CO)c(C(C)C)n1. The number of nitrogens with zero attached hydrogens (tertiary/aromatic N) is 2. The van der Waals surface area contributed by atoms with Crippen LogP contribution >= 0.6 is 11.8 Å². The summed E-state index contributed by atoms with van der Waals surface area (Å²) in [5.41, 5.74) is 3.01. The molecule has 106 valence electrons. The van der Waals surface area contributed by atoms with Crippen LogP contribution in [0.1, 0.15) is 31.0 Å². The lowest BCUT2D eigenvalue weighted by molar-refractivity contribution is 0.279. The first kappa shape index (κ1) is 14.9. The molecule has 3 nitrogen and oxygen atoms in total. The van der Waals surface area contributed by atoms with Crippen LogP contribution < -0.4 is 0 Å². The summed E-state index contributed by atoms with van der Waals surface area (Å²) < 4.78 is 13.1. The highest BCUT2D eigenvalue weighted by Gasteiger charge is 2.17. The third-order valence-corrected chi connectivity index (χ3v) is 3.57. The summed E-state index contributed by atoms with van der Waals surface area (Å²) in [6, 6.07) is 6.13. The lowest BCUT2D eigenvalue weighted by Gasteiger charge is -2.15. The van der Waals surface area contributed by atoms with E-state index in [9.17, 15) is 9.50 Å². The molecule has 0 saturated heterocycles. The van der Waals surface area contributed by atoms with Crippen LogP contribution in [0, 0.1) is 5.82 Å². The third-order valence-electron chi connectivity index (χ3n) is 3.02. The van der Waals surface area contributed by atoms with Crippen LogP contribution in [0.5, 0.6) is 0 Å². The van der Waals surface area contributed by atoms with E-state index in [1.165, 1.54) is 23.9 Å². The molecule has 2 aromatic rings. The van der Waals surface area contributed by atoms with E-state index in [-0.39, 0.29) is 18.3 Å². The number of hydrogen-bond acceptors (Lipinski definition) is 4. The number of hydrogen-bond donors (Lipinski definition) is 1. The van der Waals surface area contributed by atoms with Crippen molar-refractivity contribution >= 4 is 11.8 Å². The highest BCUT2D eigenvalue weighted by atomic mass is 32.2. The molecular weight excluding hydrogens is 275 g/mol. The number of aliphatic hydroxyl groups is 1. The molecule has 0 amide bonds. The molecule has 0 aliphatic heterocycles. The van der Waals surface area contributed by atoms with Crippen molar-refractivity contribution < 1.29 is 9.50 Å². The summed E-state index contributed by atoms with van der Waals surface area (Å²) in [4.78, 5) is 8.96. The number of thioether (sulfide) groups is 1. The van der Waals surface area contributed by atoms with E-state index < -0.39 is 0 Å². The van der Waals surface area contributed by atoms with Gasteiger partial charge in [-0.3, -0.25) is 0 Å². The van der Waals surface area contributed by atoms with Crippen molar-refractivity contribution in [3.8, 4) is 11.3 Å². The van der Waals surface area contributed by atoms with Gasteiger partial charge < -0.3 is 5.11 Å². The number of benzene rings is 1. The van der Waals surface area contributed by atoms with E-state index in [0.29, 0.717) is 16.4 Å². The van der Waals surface area contributed by atoms with Crippen LogP contribution in [0.15, 0.2) is 29.4 Å². The van der Waals surface area contributed by atoms with Gasteiger partial charge in [-0.2, -0.15) is 0 Å². The molecule has 0 bridgehead atoms. The first-order valence-electron chi connectivity index (χ1n) is 6.38. The van der Waals surface area contributed by atoms with Crippen molar-refractivity contribution in [2.45, 2.75) is 31.5 Å². The Bertz CT molecular complexity index is 600. The molecular formula is C15H17FN2OS. The Morgan fingerprint density at radius 1 is 1.20 bits per heavy atom. The summed E-state index contributed by atoms with van der Waals surface area (Å²) in [5.74, 6) is -0.104. The Labute approximate surface area is 122 Å². The topological polar surface area (TPSA) is 46.0 Å². The Balaban J connectivity index is 2.66. The quantitative estimate of drug-likeness (QED) is 0.690.